The van der Waals surface area contributed by atoms with Gasteiger partial charge in [0, 0.05) is 14.1 Å². The van der Waals surface area contributed by atoms with Gasteiger partial charge in [-0.25, -0.2) is 0 Å². The predicted molar refractivity (Wildman–Crippen MR) is 93.0 cm³/mol. The van der Waals surface area contributed by atoms with E-state index in [1.807, 2.05) is 0 Å². The van der Waals surface area contributed by atoms with Crippen molar-refractivity contribution < 1.29 is 0 Å². The van der Waals surface area contributed by atoms with Gasteiger partial charge < -0.3 is 0 Å². The van der Waals surface area contributed by atoms with Crippen LogP contribution in [0.5, 0.6) is 0 Å². The van der Waals surface area contributed by atoms with Crippen LogP contribution in [0.15, 0.2) is 43.4 Å². The van der Waals surface area contributed by atoms with Crippen LogP contribution in [-0.2, 0) is 14.1 Å². The standard InChI is InChI=1S/C18H10N2O4/c1-19-15(21)11-3-7-8(4-12(11)16(19)22)10-6-14-13(5-9(7)10)17(23)20(2)18(14)24/h3-6H,1-2H3. The van der Waals surface area contributed by atoms with E-state index in [9.17, 15) is 19.2 Å². The number of hydrogen-bond donors (Lipinski definition) is 0. The smallest absolute Gasteiger partial charge is 0.261 e. The van der Waals surface area contributed by atoms with E-state index in [1.165, 1.54) is 14.1 Å². The Morgan fingerprint density at radius 2 is 0.667 bits per heavy atom. The van der Waals surface area contributed by atoms with Crippen LogP contribution in [0.3, 0.4) is 0 Å². The van der Waals surface area contributed by atoms with Crippen molar-refractivity contribution in [3.63, 3.8) is 0 Å². The lowest BCUT2D eigenvalue weighted by molar-refractivity contribution is 0.856. The van der Waals surface area contributed by atoms with Crippen molar-refractivity contribution in [1.82, 2.24) is 9.13 Å². The van der Waals surface area contributed by atoms with Crippen molar-refractivity contribution in [2.45, 2.75) is 0 Å². The summed E-state index contributed by atoms with van der Waals surface area (Å²) in [6.45, 7) is 0. The Balaban J connectivity index is 2.05. The second-order valence-electron chi connectivity index (χ2n) is 6.23. The molecule has 6 nitrogen and oxygen atoms in total. The van der Waals surface area contributed by atoms with Crippen LogP contribution in [0.2, 0.25) is 0 Å². The molecule has 0 aliphatic rings. The average molecular weight is 318 g/mol. The average Bonchev–Trinajstić information content (AvgIpc) is 2.92. The zero-order valence-electron chi connectivity index (χ0n) is 12.8. The summed E-state index contributed by atoms with van der Waals surface area (Å²) >= 11 is 0. The highest BCUT2D eigenvalue weighted by Gasteiger charge is 2.19. The van der Waals surface area contributed by atoms with Crippen LogP contribution in [0.25, 0.3) is 43.1 Å². The molecular formula is C18H10N2O4. The van der Waals surface area contributed by atoms with Crippen LogP contribution in [-0.4, -0.2) is 9.13 Å². The van der Waals surface area contributed by atoms with Gasteiger partial charge in [0.1, 0.15) is 0 Å². The molecule has 0 radical (unpaired) electrons. The van der Waals surface area contributed by atoms with Crippen molar-refractivity contribution in [2.24, 2.45) is 14.1 Å². The molecule has 116 valence electrons. The fraction of sp³-hybridized carbons (Fsp3) is 0.111. The molecule has 5 rings (SSSR count). The van der Waals surface area contributed by atoms with Crippen molar-refractivity contribution in [3.05, 3.63) is 65.7 Å². The molecular weight excluding hydrogens is 308 g/mol. The van der Waals surface area contributed by atoms with Gasteiger partial charge in [-0.3, -0.25) is 28.3 Å². The highest BCUT2D eigenvalue weighted by molar-refractivity contribution is 6.29. The summed E-state index contributed by atoms with van der Waals surface area (Å²) < 4.78 is 2.19. The van der Waals surface area contributed by atoms with Gasteiger partial charge in [0.2, 0.25) is 0 Å². The van der Waals surface area contributed by atoms with E-state index in [1.54, 1.807) is 24.3 Å². The first-order valence-corrected chi connectivity index (χ1v) is 7.41. The largest absolute Gasteiger partial charge is 0.277 e. The lowest BCUT2D eigenvalue weighted by Gasteiger charge is -2.11. The molecule has 0 amide bonds. The highest BCUT2D eigenvalue weighted by Crippen LogP contribution is 2.38. The van der Waals surface area contributed by atoms with Crippen LogP contribution in [0.1, 0.15) is 0 Å². The van der Waals surface area contributed by atoms with E-state index in [0.717, 1.165) is 30.7 Å². The van der Waals surface area contributed by atoms with E-state index in [-0.39, 0.29) is 22.2 Å². The Morgan fingerprint density at radius 1 is 0.458 bits per heavy atom. The summed E-state index contributed by atoms with van der Waals surface area (Å²) in [4.78, 5) is 48.5. The molecule has 0 saturated carbocycles. The second-order valence-corrected chi connectivity index (χ2v) is 6.23. The molecule has 0 bridgehead atoms. The monoisotopic (exact) mass is 318 g/mol. The van der Waals surface area contributed by atoms with Gasteiger partial charge in [-0.2, -0.15) is 0 Å². The van der Waals surface area contributed by atoms with Gasteiger partial charge in [-0.05, 0) is 45.8 Å². The van der Waals surface area contributed by atoms with Crippen molar-refractivity contribution in [1.29, 1.82) is 0 Å². The zero-order valence-corrected chi connectivity index (χ0v) is 12.8. The Kier molecular flexibility index (Phi) is 2.08. The second kappa shape index (κ2) is 3.79. The Bertz CT molecular complexity index is 1290. The molecule has 0 saturated heterocycles. The van der Waals surface area contributed by atoms with E-state index in [2.05, 4.69) is 0 Å². The number of hydrogen-bond acceptors (Lipinski definition) is 4. The van der Waals surface area contributed by atoms with E-state index in [4.69, 9.17) is 0 Å². The summed E-state index contributed by atoms with van der Waals surface area (Å²) in [5.74, 6) is 0. The molecule has 3 aromatic carbocycles. The Morgan fingerprint density at radius 3 is 0.875 bits per heavy atom. The van der Waals surface area contributed by atoms with Gasteiger partial charge in [0.15, 0.2) is 0 Å². The lowest BCUT2D eigenvalue weighted by Crippen LogP contribution is -2.20. The molecule has 0 spiro atoms. The molecule has 0 aliphatic carbocycles. The summed E-state index contributed by atoms with van der Waals surface area (Å²) in [5.41, 5.74) is -1.28. The Hall–Kier alpha value is -3.28. The number of fused-ring (bicyclic) bond motifs is 6. The molecule has 0 atom stereocenters. The molecule has 2 heterocycles. The molecule has 0 fully saturated rings. The number of rotatable bonds is 0. The Labute approximate surface area is 132 Å². The predicted octanol–water partition coefficient (Wildman–Crippen LogP) is 0.731. The number of benzene rings is 2. The first-order chi connectivity index (χ1) is 11.4. The molecule has 6 heteroatoms. The van der Waals surface area contributed by atoms with Gasteiger partial charge >= 0.3 is 0 Å². The summed E-state index contributed by atoms with van der Waals surface area (Å²) in [5, 5.41) is 4.85. The maximum atomic E-state index is 12.1. The normalized spacial score (nSPS) is 12.4. The third kappa shape index (κ3) is 1.24. The third-order valence-electron chi connectivity index (χ3n) is 5.04. The fourth-order valence-corrected chi connectivity index (χ4v) is 3.64. The summed E-state index contributed by atoms with van der Waals surface area (Å²) in [7, 11) is 2.91. The molecule has 0 unspecified atom stereocenters. The number of aromatic nitrogens is 2. The van der Waals surface area contributed by atoms with Crippen molar-refractivity contribution >= 4 is 43.1 Å². The topological polar surface area (TPSA) is 78.1 Å². The van der Waals surface area contributed by atoms with Crippen LogP contribution in [0, 0.1) is 0 Å². The van der Waals surface area contributed by atoms with Crippen molar-refractivity contribution in [3.8, 4) is 0 Å². The first kappa shape index (κ1) is 13.2. The molecule has 0 N–H and O–H groups in total. The van der Waals surface area contributed by atoms with Crippen LogP contribution < -0.4 is 22.2 Å². The quantitative estimate of drug-likeness (QED) is 0.422. The molecule has 0 aliphatic heterocycles. The summed E-state index contributed by atoms with van der Waals surface area (Å²) in [6.07, 6.45) is 0. The van der Waals surface area contributed by atoms with E-state index >= 15 is 0 Å². The van der Waals surface area contributed by atoms with E-state index < -0.39 is 0 Å². The minimum absolute atomic E-state index is 0.321. The fourth-order valence-electron chi connectivity index (χ4n) is 3.64. The van der Waals surface area contributed by atoms with Gasteiger partial charge in [0.05, 0.1) is 21.5 Å². The third-order valence-corrected chi connectivity index (χ3v) is 5.04. The van der Waals surface area contributed by atoms with E-state index in [0.29, 0.717) is 21.5 Å². The number of nitrogens with zero attached hydrogens (tertiary/aromatic N) is 2. The lowest BCUT2D eigenvalue weighted by atomic mass is 9.91. The molecule has 5 aromatic rings. The maximum Gasteiger partial charge on any atom is 0.261 e. The SMILES string of the molecule is Cn1c(=O)c2cc3c(cc2c1=O)c1cc2c(=O)n(C)c(=O)c2cc31. The van der Waals surface area contributed by atoms with Crippen LogP contribution >= 0.6 is 0 Å². The van der Waals surface area contributed by atoms with Gasteiger partial charge in [-0.15, -0.1) is 0 Å². The highest BCUT2D eigenvalue weighted by atomic mass is 16.2. The van der Waals surface area contributed by atoms with Gasteiger partial charge in [0.25, 0.3) is 22.2 Å². The zero-order chi connectivity index (χ0) is 16.9. The molecule has 2 aromatic heterocycles. The minimum Gasteiger partial charge on any atom is -0.277 e. The maximum absolute atomic E-state index is 12.1. The first-order valence-electron chi connectivity index (χ1n) is 7.41. The summed E-state index contributed by atoms with van der Waals surface area (Å²) in [6, 6.07) is 6.81. The van der Waals surface area contributed by atoms with Crippen molar-refractivity contribution in [2.75, 3.05) is 0 Å². The van der Waals surface area contributed by atoms with Crippen LogP contribution in [0.4, 0.5) is 0 Å². The molecule has 24 heavy (non-hydrogen) atoms. The minimum atomic E-state index is -0.321. The van der Waals surface area contributed by atoms with Gasteiger partial charge in [-0.1, -0.05) is 0 Å².